The summed E-state index contributed by atoms with van der Waals surface area (Å²) in [6, 6.07) is 10.5. The highest BCUT2D eigenvalue weighted by Crippen LogP contribution is 2.34. The third kappa shape index (κ3) is 2.65. The molecule has 0 radical (unpaired) electrons. The van der Waals surface area contributed by atoms with Crippen LogP contribution in [0, 0.1) is 6.92 Å². The number of likely N-dealkylation sites (tertiary alicyclic amines) is 1. The van der Waals surface area contributed by atoms with Crippen molar-refractivity contribution in [1.82, 2.24) is 14.7 Å². The molecule has 1 atom stereocenters. The van der Waals surface area contributed by atoms with Gasteiger partial charge in [-0.25, -0.2) is 0 Å². The van der Waals surface area contributed by atoms with Crippen molar-refractivity contribution in [2.24, 2.45) is 7.05 Å². The monoisotopic (exact) mass is 297 g/mol. The van der Waals surface area contributed by atoms with Crippen LogP contribution in [0.4, 0.5) is 0 Å². The zero-order chi connectivity index (χ0) is 15.7. The van der Waals surface area contributed by atoms with E-state index < -0.39 is 0 Å². The number of piperidine rings is 1. The first-order valence-electron chi connectivity index (χ1n) is 7.80. The van der Waals surface area contributed by atoms with Crippen LogP contribution in [0.25, 0.3) is 0 Å². The molecule has 1 aromatic carbocycles. The van der Waals surface area contributed by atoms with E-state index >= 15 is 0 Å². The molecule has 1 aliphatic heterocycles. The molecule has 3 rings (SSSR count). The standard InChI is InChI=1S/C18H23N3O/c1-14-15(11-19-20(14)3)12-21-13-18(2,10-9-17(21)22)16-7-5-4-6-8-16/h4-8,11H,9-10,12-13H2,1-3H3. The van der Waals surface area contributed by atoms with Crippen LogP contribution in [0.2, 0.25) is 0 Å². The van der Waals surface area contributed by atoms with Crippen LogP contribution in [0.1, 0.15) is 36.6 Å². The summed E-state index contributed by atoms with van der Waals surface area (Å²) >= 11 is 0. The second-order valence-electron chi connectivity index (χ2n) is 6.56. The van der Waals surface area contributed by atoms with Crippen molar-refractivity contribution < 1.29 is 4.79 Å². The first kappa shape index (κ1) is 14.8. The van der Waals surface area contributed by atoms with E-state index in [1.54, 1.807) is 0 Å². The number of aromatic nitrogens is 2. The lowest BCUT2D eigenvalue weighted by Gasteiger charge is -2.40. The van der Waals surface area contributed by atoms with Gasteiger partial charge in [0.25, 0.3) is 0 Å². The average molecular weight is 297 g/mol. The lowest BCUT2D eigenvalue weighted by Crippen LogP contribution is -2.47. The topological polar surface area (TPSA) is 38.1 Å². The maximum atomic E-state index is 12.3. The van der Waals surface area contributed by atoms with Crippen LogP contribution in [-0.2, 0) is 23.8 Å². The molecule has 1 unspecified atom stereocenters. The van der Waals surface area contributed by atoms with Gasteiger partial charge in [0.05, 0.1) is 6.20 Å². The lowest BCUT2D eigenvalue weighted by atomic mass is 9.75. The zero-order valence-corrected chi connectivity index (χ0v) is 13.5. The van der Waals surface area contributed by atoms with E-state index in [0.717, 1.165) is 24.2 Å². The van der Waals surface area contributed by atoms with Crippen LogP contribution in [0.15, 0.2) is 36.5 Å². The molecule has 116 valence electrons. The fraction of sp³-hybridized carbons (Fsp3) is 0.444. The number of carbonyl (C=O) groups is 1. The highest BCUT2D eigenvalue weighted by atomic mass is 16.2. The van der Waals surface area contributed by atoms with Crippen molar-refractivity contribution in [3.63, 3.8) is 0 Å². The molecule has 1 aliphatic rings. The van der Waals surface area contributed by atoms with Crippen LogP contribution < -0.4 is 0 Å². The van der Waals surface area contributed by atoms with Crippen LogP contribution >= 0.6 is 0 Å². The Morgan fingerprint density at radius 3 is 2.64 bits per heavy atom. The molecule has 0 spiro atoms. The molecule has 1 fully saturated rings. The summed E-state index contributed by atoms with van der Waals surface area (Å²) in [4.78, 5) is 14.3. The smallest absolute Gasteiger partial charge is 0.222 e. The number of amides is 1. The predicted molar refractivity (Wildman–Crippen MR) is 86.4 cm³/mol. The molecule has 1 amide bonds. The van der Waals surface area contributed by atoms with Crippen molar-refractivity contribution in [2.75, 3.05) is 6.54 Å². The minimum Gasteiger partial charge on any atom is -0.337 e. The average Bonchev–Trinajstić information content (AvgIpc) is 2.84. The van der Waals surface area contributed by atoms with Gasteiger partial charge in [0.2, 0.25) is 5.91 Å². The Morgan fingerprint density at radius 1 is 1.27 bits per heavy atom. The summed E-state index contributed by atoms with van der Waals surface area (Å²) in [6.07, 6.45) is 3.40. The van der Waals surface area contributed by atoms with Gasteiger partial charge in [0, 0.05) is 43.2 Å². The Bertz CT molecular complexity index is 677. The fourth-order valence-corrected chi connectivity index (χ4v) is 3.25. The number of aryl methyl sites for hydroxylation is 1. The summed E-state index contributed by atoms with van der Waals surface area (Å²) in [7, 11) is 1.94. The molecule has 2 aromatic rings. The van der Waals surface area contributed by atoms with E-state index in [1.165, 1.54) is 5.56 Å². The summed E-state index contributed by atoms with van der Waals surface area (Å²) in [6.45, 7) is 5.73. The first-order valence-corrected chi connectivity index (χ1v) is 7.80. The van der Waals surface area contributed by atoms with Gasteiger partial charge in [0.15, 0.2) is 0 Å². The van der Waals surface area contributed by atoms with Gasteiger partial charge in [-0.1, -0.05) is 37.3 Å². The number of carbonyl (C=O) groups excluding carboxylic acids is 1. The second kappa shape index (κ2) is 5.59. The molecule has 4 heteroatoms. The van der Waals surface area contributed by atoms with E-state index in [4.69, 9.17) is 0 Å². The Labute approximate surface area is 131 Å². The van der Waals surface area contributed by atoms with Gasteiger partial charge < -0.3 is 4.90 Å². The Balaban J connectivity index is 1.82. The molecule has 0 bridgehead atoms. The summed E-state index contributed by atoms with van der Waals surface area (Å²) in [5.41, 5.74) is 3.61. The lowest BCUT2D eigenvalue weighted by molar-refractivity contribution is -0.136. The largest absolute Gasteiger partial charge is 0.337 e. The van der Waals surface area contributed by atoms with Gasteiger partial charge in [-0.15, -0.1) is 0 Å². The van der Waals surface area contributed by atoms with Crippen LogP contribution in [0.5, 0.6) is 0 Å². The SMILES string of the molecule is Cc1c(CN2CC(C)(c3ccccc3)CCC2=O)cnn1C. The number of hydrogen-bond donors (Lipinski definition) is 0. The zero-order valence-electron chi connectivity index (χ0n) is 13.5. The summed E-state index contributed by atoms with van der Waals surface area (Å²) in [5, 5.41) is 4.28. The quantitative estimate of drug-likeness (QED) is 0.873. The van der Waals surface area contributed by atoms with Gasteiger partial charge in [-0.3, -0.25) is 9.48 Å². The number of rotatable bonds is 3. The van der Waals surface area contributed by atoms with Crippen molar-refractivity contribution in [2.45, 2.75) is 38.6 Å². The predicted octanol–water partition coefficient (Wildman–Crippen LogP) is 2.81. The van der Waals surface area contributed by atoms with Crippen LogP contribution in [0.3, 0.4) is 0 Å². The molecule has 4 nitrogen and oxygen atoms in total. The Morgan fingerprint density at radius 2 is 2.00 bits per heavy atom. The van der Waals surface area contributed by atoms with E-state index in [-0.39, 0.29) is 11.3 Å². The Kier molecular flexibility index (Phi) is 3.77. The molecule has 1 aromatic heterocycles. The molecule has 2 heterocycles. The van der Waals surface area contributed by atoms with E-state index in [0.29, 0.717) is 13.0 Å². The third-order valence-electron chi connectivity index (χ3n) is 4.95. The van der Waals surface area contributed by atoms with Crippen LogP contribution in [-0.4, -0.2) is 27.1 Å². The summed E-state index contributed by atoms with van der Waals surface area (Å²) in [5.74, 6) is 0.247. The van der Waals surface area contributed by atoms with Crippen molar-refractivity contribution in [1.29, 1.82) is 0 Å². The maximum Gasteiger partial charge on any atom is 0.222 e. The number of hydrogen-bond acceptors (Lipinski definition) is 2. The van der Waals surface area contributed by atoms with Crippen molar-refractivity contribution in [3.05, 3.63) is 53.3 Å². The van der Waals surface area contributed by atoms with Gasteiger partial charge >= 0.3 is 0 Å². The fourth-order valence-electron chi connectivity index (χ4n) is 3.25. The maximum absolute atomic E-state index is 12.3. The molecular formula is C18H23N3O. The second-order valence-corrected chi connectivity index (χ2v) is 6.56. The highest BCUT2D eigenvalue weighted by molar-refractivity contribution is 5.77. The van der Waals surface area contributed by atoms with Crippen molar-refractivity contribution >= 4 is 5.91 Å². The molecule has 0 N–H and O–H groups in total. The normalized spacial score (nSPS) is 22.1. The molecule has 0 aliphatic carbocycles. The van der Waals surface area contributed by atoms with E-state index in [1.807, 2.05) is 35.8 Å². The van der Waals surface area contributed by atoms with E-state index in [2.05, 4.69) is 36.3 Å². The number of nitrogens with zero attached hydrogens (tertiary/aromatic N) is 3. The van der Waals surface area contributed by atoms with Crippen molar-refractivity contribution in [3.8, 4) is 0 Å². The highest BCUT2D eigenvalue weighted by Gasteiger charge is 2.36. The van der Waals surface area contributed by atoms with Gasteiger partial charge in [-0.05, 0) is 18.9 Å². The molecule has 22 heavy (non-hydrogen) atoms. The minimum absolute atomic E-state index is 0.0330. The first-order chi connectivity index (χ1) is 10.5. The number of benzene rings is 1. The Hall–Kier alpha value is -2.10. The third-order valence-corrected chi connectivity index (χ3v) is 4.95. The molecule has 0 saturated carbocycles. The molecular weight excluding hydrogens is 274 g/mol. The van der Waals surface area contributed by atoms with E-state index in [9.17, 15) is 4.79 Å². The molecule has 1 saturated heterocycles. The van der Waals surface area contributed by atoms with Gasteiger partial charge in [-0.2, -0.15) is 5.10 Å². The minimum atomic E-state index is 0.0330. The van der Waals surface area contributed by atoms with Gasteiger partial charge in [0.1, 0.15) is 0 Å². The summed E-state index contributed by atoms with van der Waals surface area (Å²) < 4.78 is 1.86.